The Morgan fingerprint density at radius 1 is 1.20 bits per heavy atom. The Morgan fingerprint density at radius 2 is 1.90 bits per heavy atom. The zero-order valence-corrected chi connectivity index (χ0v) is 12.3. The molecule has 0 heterocycles. The van der Waals surface area contributed by atoms with Gasteiger partial charge in [-0.3, -0.25) is 9.59 Å². The Kier molecular flexibility index (Phi) is 4.42. The van der Waals surface area contributed by atoms with Crippen LogP contribution in [0.15, 0.2) is 18.2 Å². The van der Waals surface area contributed by atoms with E-state index in [1.54, 1.807) is 0 Å². The van der Waals surface area contributed by atoms with Gasteiger partial charge in [0, 0.05) is 12.2 Å². The highest BCUT2D eigenvalue weighted by atomic mass is 16.2. The van der Waals surface area contributed by atoms with Gasteiger partial charge in [0.1, 0.15) is 0 Å². The molecule has 0 bridgehead atoms. The molecule has 2 N–H and O–H groups in total. The second kappa shape index (κ2) is 6.07. The molecule has 0 saturated heterocycles. The lowest BCUT2D eigenvalue weighted by Crippen LogP contribution is -2.28. The van der Waals surface area contributed by atoms with Gasteiger partial charge in [-0.1, -0.05) is 24.6 Å². The van der Waals surface area contributed by atoms with Crippen molar-refractivity contribution in [2.75, 3.05) is 11.9 Å². The van der Waals surface area contributed by atoms with Gasteiger partial charge in [-0.05, 0) is 38.3 Å². The SMILES string of the molecule is CCCNC(=O)C1CC1C(=O)Nc1ccc(C)cc1C. The number of benzene rings is 1. The highest BCUT2D eigenvalue weighted by Crippen LogP contribution is 2.39. The van der Waals surface area contributed by atoms with Crippen molar-refractivity contribution >= 4 is 17.5 Å². The molecule has 1 fully saturated rings. The van der Waals surface area contributed by atoms with Crippen LogP contribution in [0.25, 0.3) is 0 Å². The monoisotopic (exact) mass is 274 g/mol. The van der Waals surface area contributed by atoms with Crippen LogP contribution in [0.4, 0.5) is 5.69 Å². The standard InChI is InChI=1S/C16H22N2O2/c1-4-7-17-15(19)12-9-13(12)16(20)18-14-6-5-10(2)8-11(14)3/h5-6,8,12-13H,4,7,9H2,1-3H3,(H,17,19)(H,18,20). The summed E-state index contributed by atoms with van der Waals surface area (Å²) < 4.78 is 0. The van der Waals surface area contributed by atoms with Crippen LogP contribution in [0.5, 0.6) is 0 Å². The number of carbonyl (C=O) groups excluding carboxylic acids is 2. The first-order valence-corrected chi connectivity index (χ1v) is 7.18. The minimum Gasteiger partial charge on any atom is -0.356 e. The fourth-order valence-corrected chi connectivity index (χ4v) is 2.33. The van der Waals surface area contributed by atoms with E-state index in [2.05, 4.69) is 10.6 Å². The van der Waals surface area contributed by atoms with Crippen LogP contribution in [0.3, 0.4) is 0 Å². The third kappa shape index (κ3) is 3.38. The van der Waals surface area contributed by atoms with E-state index in [-0.39, 0.29) is 23.7 Å². The van der Waals surface area contributed by atoms with E-state index >= 15 is 0 Å². The summed E-state index contributed by atoms with van der Waals surface area (Å²) in [5.41, 5.74) is 3.05. The summed E-state index contributed by atoms with van der Waals surface area (Å²) in [7, 11) is 0. The van der Waals surface area contributed by atoms with E-state index in [4.69, 9.17) is 0 Å². The third-order valence-electron chi connectivity index (χ3n) is 3.65. The van der Waals surface area contributed by atoms with E-state index in [1.807, 2.05) is 39.0 Å². The van der Waals surface area contributed by atoms with Gasteiger partial charge in [-0.2, -0.15) is 0 Å². The Morgan fingerprint density at radius 3 is 2.55 bits per heavy atom. The quantitative estimate of drug-likeness (QED) is 0.866. The molecule has 1 aliphatic carbocycles. The molecule has 2 rings (SSSR count). The Bertz CT molecular complexity index is 525. The molecule has 0 radical (unpaired) electrons. The van der Waals surface area contributed by atoms with Gasteiger partial charge in [-0.15, -0.1) is 0 Å². The first-order chi connectivity index (χ1) is 9.52. The van der Waals surface area contributed by atoms with Crippen LogP contribution >= 0.6 is 0 Å². The van der Waals surface area contributed by atoms with Gasteiger partial charge in [0.05, 0.1) is 11.8 Å². The van der Waals surface area contributed by atoms with E-state index < -0.39 is 0 Å². The second-order valence-electron chi connectivity index (χ2n) is 5.55. The molecule has 1 aromatic carbocycles. The molecule has 2 unspecified atom stereocenters. The molecule has 1 aliphatic rings. The fourth-order valence-electron chi connectivity index (χ4n) is 2.33. The van der Waals surface area contributed by atoms with Gasteiger partial charge < -0.3 is 10.6 Å². The summed E-state index contributed by atoms with van der Waals surface area (Å²) >= 11 is 0. The van der Waals surface area contributed by atoms with Crippen molar-refractivity contribution in [2.45, 2.75) is 33.6 Å². The van der Waals surface area contributed by atoms with Crippen molar-refractivity contribution in [2.24, 2.45) is 11.8 Å². The van der Waals surface area contributed by atoms with E-state index in [0.717, 1.165) is 17.7 Å². The molecule has 108 valence electrons. The number of anilines is 1. The third-order valence-corrected chi connectivity index (χ3v) is 3.65. The molecule has 0 spiro atoms. The second-order valence-corrected chi connectivity index (χ2v) is 5.55. The summed E-state index contributed by atoms with van der Waals surface area (Å²) in [6.07, 6.45) is 1.57. The summed E-state index contributed by atoms with van der Waals surface area (Å²) in [6, 6.07) is 5.92. The first kappa shape index (κ1) is 14.6. The highest BCUT2D eigenvalue weighted by Gasteiger charge is 2.47. The normalized spacial score (nSPS) is 20.4. The Hall–Kier alpha value is -1.84. The minimum absolute atomic E-state index is 0.00706. The zero-order valence-electron chi connectivity index (χ0n) is 12.3. The van der Waals surface area contributed by atoms with Gasteiger partial charge in [-0.25, -0.2) is 0 Å². The smallest absolute Gasteiger partial charge is 0.228 e. The number of amides is 2. The van der Waals surface area contributed by atoms with Crippen molar-refractivity contribution in [1.29, 1.82) is 0 Å². The molecule has 0 aromatic heterocycles. The highest BCUT2D eigenvalue weighted by molar-refractivity contribution is 5.99. The number of nitrogens with one attached hydrogen (secondary N) is 2. The lowest BCUT2D eigenvalue weighted by Gasteiger charge is -2.09. The van der Waals surface area contributed by atoms with E-state index in [0.29, 0.717) is 13.0 Å². The lowest BCUT2D eigenvalue weighted by atomic mass is 10.1. The van der Waals surface area contributed by atoms with Crippen LogP contribution in [0.2, 0.25) is 0 Å². The number of aryl methyl sites for hydroxylation is 2. The van der Waals surface area contributed by atoms with Crippen molar-refractivity contribution in [3.8, 4) is 0 Å². The van der Waals surface area contributed by atoms with Gasteiger partial charge in [0.25, 0.3) is 0 Å². The number of hydrogen-bond donors (Lipinski definition) is 2. The molecule has 20 heavy (non-hydrogen) atoms. The summed E-state index contributed by atoms with van der Waals surface area (Å²) in [5, 5.41) is 5.76. The van der Waals surface area contributed by atoms with Crippen molar-refractivity contribution in [1.82, 2.24) is 5.32 Å². The predicted molar refractivity (Wildman–Crippen MR) is 79.4 cm³/mol. The predicted octanol–water partition coefficient (Wildman–Crippen LogP) is 2.40. The topological polar surface area (TPSA) is 58.2 Å². The minimum atomic E-state index is -0.174. The molecular formula is C16H22N2O2. The van der Waals surface area contributed by atoms with Gasteiger partial charge in [0.15, 0.2) is 0 Å². The Balaban J connectivity index is 1.89. The van der Waals surface area contributed by atoms with E-state index in [1.165, 1.54) is 5.56 Å². The molecule has 4 heteroatoms. The molecule has 1 saturated carbocycles. The van der Waals surface area contributed by atoms with Crippen LogP contribution < -0.4 is 10.6 Å². The van der Waals surface area contributed by atoms with E-state index in [9.17, 15) is 9.59 Å². The molecular weight excluding hydrogens is 252 g/mol. The Labute approximate surface area is 119 Å². The van der Waals surface area contributed by atoms with Crippen LogP contribution in [-0.2, 0) is 9.59 Å². The molecule has 2 atom stereocenters. The lowest BCUT2D eigenvalue weighted by molar-refractivity contribution is -0.125. The summed E-state index contributed by atoms with van der Waals surface area (Å²) in [6.45, 7) is 6.69. The number of rotatable bonds is 5. The van der Waals surface area contributed by atoms with Crippen LogP contribution in [0, 0.1) is 25.7 Å². The van der Waals surface area contributed by atoms with Crippen molar-refractivity contribution < 1.29 is 9.59 Å². The average Bonchev–Trinajstić information content (AvgIpc) is 3.19. The number of hydrogen-bond acceptors (Lipinski definition) is 2. The molecule has 1 aromatic rings. The maximum atomic E-state index is 12.1. The fraction of sp³-hybridized carbons (Fsp3) is 0.500. The molecule has 0 aliphatic heterocycles. The van der Waals surface area contributed by atoms with Crippen molar-refractivity contribution in [3.63, 3.8) is 0 Å². The largest absolute Gasteiger partial charge is 0.356 e. The number of carbonyl (C=O) groups is 2. The molecule has 2 amide bonds. The summed E-state index contributed by atoms with van der Waals surface area (Å²) in [5.74, 6) is -0.360. The molecule has 4 nitrogen and oxygen atoms in total. The first-order valence-electron chi connectivity index (χ1n) is 7.18. The maximum absolute atomic E-state index is 12.1. The van der Waals surface area contributed by atoms with Crippen LogP contribution in [-0.4, -0.2) is 18.4 Å². The van der Waals surface area contributed by atoms with Gasteiger partial charge in [0.2, 0.25) is 11.8 Å². The van der Waals surface area contributed by atoms with Crippen LogP contribution in [0.1, 0.15) is 30.9 Å². The summed E-state index contributed by atoms with van der Waals surface area (Å²) in [4.78, 5) is 23.9. The maximum Gasteiger partial charge on any atom is 0.228 e. The van der Waals surface area contributed by atoms with Gasteiger partial charge >= 0.3 is 0 Å². The van der Waals surface area contributed by atoms with Crippen molar-refractivity contribution in [3.05, 3.63) is 29.3 Å². The zero-order chi connectivity index (χ0) is 14.7. The average molecular weight is 274 g/mol.